The Bertz CT molecular complexity index is 1210. The van der Waals surface area contributed by atoms with Crippen LogP contribution in [0.2, 0.25) is 0 Å². The molecule has 9 nitrogen and oxygen atoms in total. The highest BCUT2D eigenvalue weighted by molar-refractivity contribution is 5.98. The second-order valence-electron chi connectivity index (χ2n) is 10.1. The van der Waals surface area contributed by atoms with E-state index in [2.05, 4.69) is 10.6 Å². The first-order valence-corrected chi connectivity index (χ1v) is 13.0. The van der Waals surface area contributed by atoms with E-state index in [0.29, 0.717) is 31.4 Å². The standard InChI is InChI=1S/C29H35N3O6/c1-19(2)15-23(31-28(35)26-16-21-11-6-7-13-25(21)38-26)27(34)30-22-12-8-14-32(17-24(22)33)29(36)37-18-20-9-4-3-5-10-20/h3-7,9-11,13,16,19,22-24,33H,8,12,14-15,17-18H2,1-2H3,(H,30,34)(H,31,35). The lowest BCUT2D eigenvalue weighted by Crippen LogP contribution is -2.54. The number of nitrogens with one attached hydrogen (secondary N) is 2. The van der Waals surface area contributed by atoms with E-state index in [0.717, 1.165) is 10.9 Å². The number of amides is 3. The molecule has 1 aliphatic rings. The van der Waals surface area contributed by atoms with Gasteiger partial charge in [0.15, 0.2) is 5.76 Å². The maximum atomic E-state index is 13.2. The first-order valence-electron chi connectivity index (χ1n) is 13.0. The van der Waals surface area contributed by atoms with Crippen LogP contribution in [0, 0.1) is 5.92 Å². The van der Waals surface area contributed by atoms with Crippen molar-refractivity contribution in [1.29, 1.82) is 0 Å². The summed E-state index contributed by atoms with van der Waals surface area (Å²) in [4.78, 5) is 40.2. The molecule has 0 saturated carbocycles. The molecule has 1 aromatic heterocycles. The lowest BCUT2D eigenvalue weighted by Gasteiger charge is -2.27. The molecule has 1 fully saturated rings. The number of hydrogen-bond acceptors (Lipinski definition) is 6. The summed E-state index contributed by atoms with van der Waals surface area (Å²) in [6.07, 6.45) is 0.00909. The Labute approximate surface area is 222 Å². The SMILES string of the molecule is CC(C)CC(NC(=O)c1cc2ccccc2o1)C(=O)NC1CCCN(C(=O)OCc2ccccc2)CC1O. The van der Waals surface area contributed by atoms with E-state index in [1.165, 1.54) is 4.90 Å². The number of rotatable bonds is 8. The highest BCUT2D eigenvalue weighted by atomic mass is 16.6. The molecular weight excluding hydrogens is 486 g/mol. The molecule has 0 bridgehead atoms. The number of aliphatic hydroxyl groups excluding tert-OH is 1. The van der Waals surface area contributed by atoms with Crippen LogP contribution in [0.15, 0.2) is 65.1 Å². The summed E-state index contributed by atoms with van der Waals surface area (Å²) in [5.74, 6) is -0.592. The highest BCUT2D eigenvalue weighted by Crippen LogP contribution is 2.20. The van der Waals surface area contributed by atoms with Gasteiger partial charge < -0.3 is 29.8 Å². The van der Waals surface area contributed by atoms with E-state index >= 15 is 0 Å². The van der Waals surface area contributed by atoms with Crippen molar-refractivity contribution in [2.24, 2.45) is 5.92 Å². The van der Waals surface area contributed by atoms with Crippen LogP contribution in [0.1, 0.15) is 49.2 Å². The van der Waals surface area contributed by atoms with Gasteiger partial charge in [-0.1, -0.05) is 62.4 Å². The molecule has 1 saturated heterocycles. The summed E-state index contributed by atoms with van der Waals surface area (Å²) in [7, 11) is 0. The number of furan rings is 1. The van der Waals surface area contributed by atoms with Crippen LogP contribution >= 0.6 is 0 Å². The highest BCUT2D eigenvalue weighted by Gasteiger charge is 2.32. The molecule has 3 atom stereocenters. The molecule has 9 heteroatoms. The van der Waals surface area contributed by atoms with Gasteiger partial charge in [-0.25, -0.2) is 4.79 Å². The van der Waals surface area contributed by atoms with Gasteiger partial charge in [-0.2, -0.15) is 0 Å². The Morgan fingerprint density at radius 2 is 1.84 bits per heavy atom. The average Bonchev–Trinajstić information content (AvgIpc) is 3.26. The monoisotopic (exact) mass is 521 g/mol. The van der Waals surface area contributed by atoms with Crippen LogP contribution in [0.5, 0.6) is 0 Å². The average molecular weight is 522 g/mol. The van der Waals surface area contributed by atoms with Gasteiger partial charge in [-0.05, 0) is 42.9 Å². The maximum absolute atomic E-state index is 13.2. The van der Waals surface area contributed by atoms with Gasteiger partial charge in [0.2, 0.25) is 5.91 Å². The van der Waals surface area contributed by atoms with Crippen molar-refractivity contribution in [3.05, 3.63) is 72.0 Å². The third kappa shape index (κ3) is 7.13. The predicted octanol–water partition coefficient (Wildman–Crippen LogP) is 3.86. The molecule has 4 rings (SSSR count). The second-order valence-corrected chi connectivity index (χ2v) is 10.1. The van der Waals surface area contributed by atoms with Crippen molar-refractivity contribution in [1.82, 2.24) is 15.5 Å². The Kier molecular flexibility index (Phi) is 9.02. The zero-order valence-corrected chi connectivity index (χ0v) is 21.8. The van der Waals surface area contributed by atoms with E-state index in [-0.39, 0.29) is 30.7 Å². The number of nitrogens with zero attached hydrogens (tertiary/aromatic N) is 1. The number of carbonyl (C=O) groups excluding carboxylic acids is 3. The van der Waals surface area contributed by atoms with Gasteiger partial charge in [-0.3, -0.25) is 9.59 Å². The number of fused-ring (bicyclic) bond motifs is 1. The van der Waals surface area contributed by atoms with Crippen LogP contribution < -0.4 is 10.6 Å². The number of β-amino-alcohol motifs (C(OH)–C–C–N with tert-alkyl or cyclic N) is 1. The molecule has 3 amide bonds. The molecule has 0 spiro atoms. The van der Waals surface area contributed by atoms with Gasteiger partial charge >= 0.3 is 6.09 Å². The van der Waals surface area contributed by atoms with E-state index in [4.69, 9.17) is 9.15 Å². The van der Waals surface area contributed by atoms with E-state index < -0.39 is 30.2 Å². The summed E-state index contributed by atoms with van der Waals surface area (Å²) in [6.45, 7) is 4.53. The van der Waals surface area contributed by atoms with E-state index in [1.54, 1.807) is 12.1 Å². The van der Waals surface area contributed by atoms with Crippen molar-refractivity contribution in [3.8, 4) is 0 Å². The lowest BCUT2D eigenvalue weighted by atomic mass is 10.0. The minimum Gasteiger partial charge on any atom is -0.451 e. The summed E-state index contributed by atoms with van der Waals surface area (Å²) in [5.41, 5.74) is 1.47. The molecule has 3 aromatic rings. The van der Waals surface area contributed by atoms with Gasteiger partial charge in [0.1, 0.15) is 18.2 Å². The number of ether oxygens (including phenoxy) is 1. The van der Waals surface area contributed by atoms with Crippen molar-refractivity contribution >= 4 is 28.9 Å². The lowest BCUT2D eigenvalue weighted by molar-refractivity contribution is -0.125. The summed E-state index contributed by atoms with van der Waals surface area (Å²) < 4.78 is 11.1. The molecule has 3 N–H and O–H groups in total. The summed E-state index contributed by atoms with van der Waals surface area (Å²) >= 11 is 0. The number of aliphatic hydroxyl groups is 1. The smallest absolute Gasteiger partial charge is 0.410 e. The molecule has 0 aliphatic carbocycles. The maximum Gasteiger partial charge on any atom is 0.410 e. The molecule has 2 heterocycles. The van der Waals surface area contributed by atoms with Crippen molar-refractivity contribution < 1.29 is 28.6 Å². The first kappa shape index (κ1) is 27.2. The third-order valence-corrected chi connectivity index (χ3v) is 6.58. The summed E-state index contributed by atoms with van der Waals surface area (Å²) in [5, 5.41) is 17.3. The van der Waals surface area contributed by atoms with E-state index in [1.807, 2.05) is 62.4 Å². The van der Waals surface area contributed by atoms with E-state index in [9.17, 15) is 19.5 Å². The largest absolute Gasteiger partial charge is 0.451 e. The third-order valence-electron chi connectivity index (χ3n) is 6.58. The quantitative estimate of drug-likeness (QED) is 0.414. The van der Waals surface area contributed by atoms with Gasteiger partial charge in [0, 0.05) is 11.9 Å². The number of para-hydroxylation sites is 1. The predicted molar refractivity (Wildman–Crippen MR) is 142 cm³/mol. The topological polar surface area (TPSA) is 121 Å². The van der Waals surface area contributed by atoms with Crippen LogP contribution in [-0.2, 0) is 16.1 Å². The molecule has 3 unspecified atom stereocenters. The van der Waals surface area contributed by atoms with Crippen LogP contribution in [0.3, 0.4) is 0 Å². The van der Waals surface area contributed by atoms with Gasteiger partial charge in [0.25, 0.3) is 5.91 Å². The number of benzene rings is 2. The van der Waals surface area contributed by atoms with Crippen molar-refractivity contribution in [2.45, 2.75) is 57.9 Å². The number of carbonyl (C=O) groups is 3. The zero-order valence-electron chi connectivity index (χ0n) is 21.8. The Hall–Kier alpha value is -3.85. The fourth-order valence-electron chi connectivity index (χ4n) is 4.59. The first-order chi connectivity index (χ1) is 18.3. The van der Waals surface area contributed by atoms with Crippen LogP contribution in [0.25, 0.3) is 11.0 Å². The minimum absolute atomic E-state index is 0.0404. The van der Waals surface area contributed by atoms with Crippen LogP contribution in [-0.4, -0.2) is 59.2 Å². The minimum atomic E-state index is -0.975. The fraction of sp³-hybridized carbons (Fsp3) is 0.414. The number of likely N-dealkylation sites (tertiary alicyclic amines) is 1. The Morgan fingerprint density at radius 3 is 2.58 bits per heavy atom. The molecule has 0 radical (unpaired) electrons. The summed E-state index contributed by atoms with van der Waals surface area (Å²) in [6, 6.07) is 17.0. The number of hydrogen-bond donors (Lipinski definition) is 3. The van der Waals surface area contributed by atoms with Crippen molar-refractivity contribution in [3.63, 3.8) is 0 Å². The van der Waals surface area contributed by atoms with Crippen LogP contribution in [0.4, 0.5) is 4.79 Å². The fourth-order valence-corrected chi connectivity index (χ4v) is 4.59. The molecule has 1 aliphatic heterocycles. The molecule has 2 aromatic carbocycles. The van der Waals surface area contributed by atoms with Crippen molar-refractivity contribution in [2.75, 3.05) is 13.1 Å². The Morgan fingerprint density at radius 1 is 1.11 bits per heavy atom. The van der Waals surface area contributed by atoms with Gasteiger partial charge in [-0.15, -0.1) is 0 Å². The van der Waals surface area contributed by atoms with Gasteiger partial charge in [0.05, 0.1) is 18.7 Å². The normalized spacial score (nSPS) is 18.6. The molecule has 202 valence electrons. The molecule has 38 heavy (non-hydrogen) atoms. The second kappa shape index (κ2) is 12.6. The molecular formula is C29H35N3O6. The Balaban J connectivity index is 1.35. The zero-order chi connectivity index (χ0) is 27.1.